The summed E-state index contributed by atoms with van der Waals surface area (Å²) in [5.74, 6) is -0.0454. The molecular weight excluding hydrogens is 426 g/mol. The van der Waals surface area contributed by atoms with Crippen LogP contribution >= 0.6 is 0 Å². The largest absolute Gasteiger partial charge is 0.354 e. The average Bonchev–Trinajstić information content (AvgIpc) is 2.73. The average molecular weight is 452 g/mol. The molecule has 2 N–H and O–H groups in total. The Balaban J connectivity index is 1.83. The van der Waals surface area contributed by atoms with Crippen LogP contribution in [0.4, 0.5) is 5.69 Å². The van der Waals surface area contributed by atoms with E-state index in [0.717, 1.165) is 16.3 Å². The zero-order valence-corrected chi connectivity index (χ0v) is 18.5. The highest BCUT2D eigenvalue weighted by atomic mass is 32.2. The Labute approximate surface area is 177 Å². The molecule has 0 bridgehead atoms. The molecule has 1 atom stereocenters. The number of hydrogen-bond acceptors (Lipinski definition) is 5. The third-order valence-corrected chi connectivity index (χ3v) is 8.34. The van der Waals surface area contributed by atoms with Crippen molar-refractivity contribution in [3.05, 3.63) is 54.1 Å². The minimum absolute atomic E-state index is 0.0791. The fourth-order valence-electron chi connectivity index (χ4n) is 3.11. The molecule has 0 aliphatic carbocycles. The number of benzene rings is 2. The van der Waals surface area contributed by atoms with Crippen LogP contribution in [0, 0.1) is 0 Å². The molecule has 0 spiro atoms. The Bertz CT molecular complexity index is 1130. The number of carbonyl (C=O) groups is 1. The molecule has 0 aromatic heterocycles. The van der Waals surface area contributed by atoms with E-state index in [2.05, 4.69) is 23.9 Å². The summed E-state index contributed by atoms with van der Waals surface area (Å²) in [5.41, 5.74) is 1.18. The van der Waals surface area contributed by atoms with Gasteiger partial charge in [-0.3, -0.25) is 9.52 Å². The molecule has 2 aromatic carbocycles. The molecule has 1 unspecified atom stereocenters. The first-order valence-corrected chi connectivity index (χ1v) is 12.6. The molecule has 1 heterocycles. The molecule has 1 saturated heterocycles. The van der Waals surface area contributed by atoms with E-state index in [-0.39, 0.29) is 41.0 Å². The molecule has 8 nitrogen and oxygen atoms in total. The molecule has 0 saturated carbocycles. The number of nitrogens with one attached hydrogen (secondary N) is 2. The standard InChI is InChI=1S/C20H25N3O5S2/c1-3-15(2)16-7-9-18(10-8-16)29(25,26)22-17-5-4-6-19(13-17)30(27,28)23-12-11-21-20(24)14-23/h4-10,13,15,22H,3,11-12,14H2,1-2H3,(H,21,24). The molecule has 3 rings (SSSR count). The van der Waals surface area contributed by atoms with Crippen LogP contribution in [-0.4, -0.2) is 46.7 Å². The Morgan fingerprint density at radius 3 is 2.40 bits per heavy atom. The Morgan fingerprint density at radius 2 is 1.77 bits per heavy atom. The van der Waals surface area contributed by atoms with Crippen molar-refractivity contribution in [2.24, 2.45) is 0 Å². The van der Waals surface area contributed by atoms with Crippen molar-refractivity contribution in [1.29, 1.82) is 0 Å². The van der Waals surface area contributed by atoms with Crippen LogP contribution in [0.3, 0.4) is 0 Å². The van der Waals surface area contributed by atoms with Crippen molar-refractivity contribution in [3.8, 4) is 0 Å². The monoisotopic (exact) mass is 451 g/mol. The maximum atomic E-state index is 12.8. The molecule has 1 amide bonds. The predicted molar refractivity (Wildman–Crippen MR) is 114 cm³/mol. The maximum Gasteiger partial charge on any atom is 0.261 e. The number of sulfonamides is 2. The summed E-state index contributed by atoms with van der Waals surface area (Å²) < 4.78 is 54.6. The van der Waals surface area contributed by atoms with Crippen LogP contribution in [0.2, 0.25) is 0 Å². The number of carbonyl (C=O) groups excluding carboxylic acids is 1. The van der Waals surface area contributed by atoms with Crippen molar-refractivity contribution >= 4 is 31.6 Å². The van der Waals surface area contributed by atoms with E-state index in [1.807, 2.05) is 0 Å². The predicted octanol–water partition coefficient (Wildman–Crippen LogP) is 2.12. The lowest BCUT2D eigenvalue weighted by atomic mass is 9.99. The minimum atomic E-state index is -3.92. The summed E-state index contributed by atoms with van der Waals surface area (Å²) in [7, 11) is -7.80. The van der Waals surface area contributed by atoms with Crippen LogP contribution < -0.4 is 10.0 Å². The SMILES string of the molecule is CCC(C)c1ccc(S(=O)(=O)Nc2cccc(S(=O)(=O)N3CCNC(=O)C3)c2)cc1. The second kappa shape index (κ2) is 8.75. The van der Waals surface area contributed by atoms with Gasteiger partial charge in [-0.25, -0.2) is 16.8 Å². The van der Waals surface area contributed by atoms with Crippen molar-refractivity contribution in [3.63, 3.8) is 0 Å². The molecule has 1 aliphatic heterocycles. The molecule has 10 heteroatoms. The van der Waals surface area contributed by atoms with Gasteiger partial charge in [0.1, 0.15) is 0 Å². The van der Waals surface area contributed by atoms with E-state index in [1.165, 1.54) is 36.4 Å². The summed E-state index contributed by atoms with van der Waals surface area (Å²) >= 11 is 0. The van der Waals surface area contributed by atoms with Crippen LogP contribution in [0.1, 0.15) is 31.7 Å². The molecular formula is C20H25N3O5S2. The van der Waals surface area contributed by atoms with Crippen LogP contribution in [0.25, 0.3) is 0 Å². The third kappa shape index (κ3) is 4.82. The molecule has 0 radical (unpaired) electrons. The Morgan fingerprint density at radius 1 is 1.07 bits per heavy atom. The smallest absolute Gasteiger partial charge is 0.261 e. The number of amides is 1. The zero-order chi connectivity index (χ0) is 21.9. The zero-order valence-electron chi connectivity index (χ0n) is 16.8. The van der Waals surface area contributed by atoms with Crippen LogP contribution in [0.5, 0.6) is 0 Å². The Hall–Kier alpha value is -2.43. The van der Waals surface area contributed by atoms with Crippen molar-refractivity contribution in [2.45, 2.75) is 36.0 Å². The van der Waals surface area contributed by atoms with Gasteiger partial charge in [0.2, 0.25) is 15.9 Å². The van der Waals surface area contributed by atoms with Gasteiger partial charge in [0.25, 0.3) is 10.0 Å². The summed E-state index contributed by atoms with van der Waals surface area (Å²) in [4.78, 5) is 11.6. The molecule has 30 heavy (non-hydrogen) atoms. The summed E-state index contributed by atoms with van der Waals surface area (Å²) in [6.45, 7) is 4.26. The number of hydrogen-bond donors (Lipinski definition) is 2. The van der Waals surface area contributed by atoms with Gasteiger partial charge in [-0.2, -0.15) is 4.31 Å². The first kappa shape index (κ1) is 22.3. The number of nitrogens with zero attached hydrogens (tertiary/aromatic N) is 1. The van der Waals surface area contributed by atoms with E-state index < -0.39 is 20.0 Å². The first-order valence-electron chi connectivity index (χ1n) is 9.63. The lowest BCUT2D eigenvalue weighted by Crippen LogP contribution is -2.49. The molecule has 1 aliphatic rings. The highest BCUT2D eigenvalue weighted by Gasteiger charge is 2.29. The van der Waals surface area contributed by atoms with Crippen molar-refractivity contribution in [1.82, 2.24) is 9.62 Å². The van der Waals surface area contributed by atoms with Gasteiger partial charge in [-0.15, -0.1) is 0 Å². The lowest BCUT2D eigenvalue weighted by Gasteiger charge is -2.26. The summed E-state index contributed by atoms with van der Waals surface area (Å²) in [6.07, 6.45) is 0.949. The van der Waals surface area contributed by atoms with Gasteiger partial charge in [0, 0.05) is 13.1 Å². The van der Waals surface area contributed by atoms with E-state index >= 15 is 0 Å². The molecule has 2 aromatic rings. The third-order valence-electron chi connectivity index (χ3n) is 5.10. The van der Waals surface area contributed by atoms with Gasteiger partial charge >= 0.3 is 0 Å². The molecule has 1 fully saturated rings. The van der Waals surface area contributed by atoms with Gasteiger partial charge in [0.15, 0.2) is 0 Å². The summed E-state index contributed by atoms with van der Waals surface area (Å²) in [6, 6.07) is 12.2. The number of rotatable bonds is 7. The fourth-order valence-corrected chi connectivity index (χ4v) is 5.61. The fraction of sp³-hybridized carbons (Fsp3) is 0.350. The van der Waals surface area contributed by atoms with Gasteiger partial charge < -0.3 is 5.32 Å². The van der Waals surface area contributed by atoms with E-state index in [0.29, 0.717) is 5.92 Å². The van der Waals surface area contributed by atoms with Crippen molar-refractivity contribution in [2.75, 3.05) is 24.4 Å². The normalized spacial score (nSPS) is 16.7. The number of piperazine rings is 1. The van der Waals surface area contributed by atoms with Crippen LogP contribution in [-0.2, 0) is 24.8 Å². The molecule has 162 valence electrons. The van der Waals surface area contributed by atoms with Gasteiger partial charge in [-0.1, -0.05) is 32.0 Å². The van der Waals surface area contributed by atoms with Crippen molar-refractivity contribution < 1.29 is 21.6 Å². The van der Waals surface area contributed by atoms with E-state index in [1.54, 1.807) is 12.1 Å². The van der Waals surface area contributed by atoms with Gasteiger partial charge in [0.05, 0.1) is 22.0 Å². The highest BCUT2D eigenvalue weighted by Crippen LogP contribution is 2.24. The lowest BCUT2D eigenvalue weighted by molar-refractivity contribution is -0.122. The quantitative estimate of drug-likeness (QED) is 0.670. The first-order chi connectivity index (χ1) is 14.1. The number of anilines is 1. The van der Waals surface area contributed by atoms with E-state index in [4.69, 9.17) is 0 Å². The highest BCUT2D eigenvalue weighted by molar-refractivity contribution is 7.92. The topological polar surface area (TPSA) is 113 Å². The van der Waals surface area contributed by atoms with Crippen LogP contribution in [0.15, 0.2) is 58.3 Å². The maximum absolute atomic E-state index is 12.8. The van der Waals surface area contributed by atoms with E-state index in [9.17, 15) is 21.6 Å². The Kier molecular flexibility index (Phi) is 6.49. The second-order valence-corrected chi connectivity index (χ2v) is 10.8. The van der Waals surface area contributed by atoms with Gasteiger partial charge in [-0.05, 0) is 48.2 Å². The minimum Gasteiger partial charge on any atom is -0.354 e. The second-order valence-electron chi connectivity index (χ2n) is 7.20. The summed E-state index contributed by atoms with van der Waals surface area (Å²) in [5, 5.41) is 2.57.